The van der Waals surface area contributed by atoms with Gasteiger partial charge in [-0.25, -0.2) is 13.8 Å². The molecule has 0 spiro atoms. The SMILES string of the molecule is O=C(C1CC(F)C1)N1Cc2cccn2C[C@@H](Oc2ncccc2F)C1. The van der Waals surface area contributed by atoms with E-state index in [9.17, 15) is 13.6 Å². The fourth-order valence-electron chi connectivity index (χ4n) is 3.42. The quantitative estimate of drug-likeness (QED) is 0.857. The number of alkyl halides is 1. The summed E-state index contributed by atoms with van der Waals surface area (Å²) in [7, 11) is 0. The predicted octanol–water partition coefficient (Wildman–Crippen LogP) is 2.56. The van der Waals surface area contributed by atoms with Crippen molar-refractivity contribution in [2.24, 2.45) is 5.92 Å². The number of pyridine rings is 1. The van der Waals surface area contributed by atoms with Gasteiger partial charge in [-0.1, -0.05) is 0 Å². The molecule has 2 aliphatic rings. The molecule has 1 amide bonds. The van der Waals surface area contributed by atoms with Gasteiger partial charge in [0.15, 0.2) is 5.82 Å². The number of fused-ring (bicyclic) bond motifs is 1. The van der Waals surface area contributed by atoms with E-state index in [4.69, 9.17) is 4.74 Å². The first-order valence-electron chi connectivity index (χ1n) is 8.44. The minimum absolute atomic E-state index is 0.0568. The van der Waals surface area contributed by atoms with Gasteiger partial charge in [0.25, 0.3) is 5.88 Å². The molecule has 0 N–H and O–H groups in total. The highest BCUT2D eigenvalue weighted by atomic mass is 19.1. The van der Waals surface area contributed by atoms with Crippen molar-refractivity contribution < 1.29 is 18.3 Å². The minimum atomic E-state index is -0.876. The molecule has 2 aromatic heterocycles. The van der Waals surface area contributed by atoms with Crippen molar-refractivity contribution in [3.05, 3.63) is 48.2 Å². The van der Waals surface area contributed by atoms with Gasteiger partial charge >= 0.3 is 0 Å². The van der Waals surface area contributed by atoms with E-state index in [-0.39, 0.29) is 30.5 Å². The van der Waals surface area contributed by atoms with Gasteiger partial charge in [0.2, 0.25) is 5.91 Å². The highest BCUT2D eigenvalue weighted by molar-refractivity contribution is 5.80. The standard InChI is InChI=1S/C18H19F2N3O2/c19-13-7-12(8-13)18(24)23-9-14-3-2-6-22(14)10-15(11-23)25-17-16(20)4-1-5-21-17/h1-6,12-13,15H,7-11H2/t12?,13?,15-/m1/s1. The van der Waals surface area contributed by atoms with Crippen LogP contribution >= 0.6 is 0 Å². The van der Waals surface area contributed by atoms with Gasteiger partial charge in [-0.05, 0) is 37.1 Å². The van der Waals surface area contributed by atoms with E-state index in [2.05, 4.69) is 4.98 Å². The molecule has 4 rings (SSSR count). The topological polar surface area (TPSA) is 47.4 Å². The van der Waals surface area contributed by atoms with E-state index in [1.807, 2.05) is 22.9 Å². The molecule has 1 aliphatic carbocycles. The fourth-order valence-corrected chi connectivity index (χ4v) is 3.42. The zero-order valence-electron chi connectivity index (χ0n) is 13.6. The molecule has 2 aromatic rings. The number of hydrogen-bond donors (Lipinski definition) is 0. The molecule has 3 heterocycles. The average Bonchev–Trinajstić information content (AvgIpc) is 2.92. The van der Waals surface area contributed by atoms with Gasteiger partial charge < -0.3 is 14.2 Å². The third-order valence-electron chi connectivity index (χ3n) is 4.85. The number of aromatic nitrogens is 2. The number of halogens is 2. The van der Waals surface area contributed by atoms with Crippen molar-refractivity contribution in [3.63, 3.8) is 0 Å². The molecule has 132 valence electrons. The van der Waals surface area contributed by atoms with Crippen LogP contribution in [-0.4, -0.2) is 39.2 Å². The van der Waals surface area contributed by atoms with E-state index in [0.29, 0.717) is 19.6 Å². The highest BCUT2D eigenvalue weighted by Crippen LogP contribution is 2.32. The van der Waals surface area contributed by atoms with Crippen LogP contribution in [0.5, 0.6) is 5.88 Å². The molecule has 1 aliphatic heterocycles. The maximum absolute atomic E-state index is 13.9. The van der Waals surface area contributed by atoms with Crippen LogP contribution in [0.1, 0.15) is 18.5 Å². The van der Waals surface area contributed by atoms with Crippen LogP contribution in [0.4, 0.5) is 8.78 Å². The van der Waals surface area contributed by atoms with Gasteiger partial charge in [-0.15, -0.1) is 0 Å². The largest absolute Gasteiger partial charge is 0.468 e. The molecule has 1 saturated carbocycles. The maximum Gasteiger partial charge on any atom is 0.250 e. The fraction of sp³-hybridized carbons (Fsp3) is 0.444. The molecule has 0 aromatic carbocycles. The summed E-state index contributed by atoms with van der Waals surface area (Å²) in [5.74, 6) is -0.915. The Morgan fingerprint density at radius 1 is 1.24 bits per heavy atom. The number of nitrogens with zero attached hydrogens (tertiary/aromatic N) is 3. The molecular formula is C18H19F2N3O2. The average molecular weight is 347 g/mol. The van der Waals surface area contributed by atoms with Crippen LogP contribution in [-0.2, 0) is 17.9 Å². The maximum atomic E-state index is 13.9. The normalized spacial score (nSPS) is 25.7. The summed E-state index contributed by atoms with van der Waals surface area (Å²) >= 11 is 0. The summed E-state index contributed by atoms with van der Waals surface area (Å²) in [5, 5.41) is 0. The molecule has 0 saturated heterocycles. The van der Waals surface area contributed by atoms with Gasteiger partial charge in [0.1, 0.15) is 12.3 Å². The van der Waals surface area contributed by atoms with E-state index in [1.165, 1.54) is 18.3 Å². The Hall–Kier alpha value is -2.44. The Balaban J connectivity index is 1.55. The molecule has 25 heavy (non-hydrogen) atoms. The summed E-state index contributed by atoms with van der Waals surface area (Å²) in [6.45, 7) is 1.27. The lowest BCUT2D eigenvalue weighted by atomic mass is 9.82. The van der Waals surface area contributed by atoms with Crippen LogP contribution in [0.3, 0.4) is 0 Å². The number of carbonyl (C=O) groups excluding carboxylic acids is 1. The Morgan fingerprint density at radius 2 is 2.08 bits per heavy atom. The molecule has 1 fully saturated rings. The molecule has 0 radical (unpaired) electrons. The van der Waals surface area contributed by atoms with Crippen molar-refractivity contribution in [2.45, 2.75) is 38.2 Å². The van der Waals surface area contributed by atoms with Crippen LogP contribution in [0, 0.1) is 11.7 Å². The van der Waals surface area contributed by atoms with Crippen LogP contribution in [0.2, 0.25) is 0 Å². The second kappa shape index (κ2) is 6.46. The van der Waals surface area contributed by atoms with E-state index in [0.717, 1.165) is 5.69 Å². The van der Waals surface area contributed by atoms with E-state index in [1.54, 1.807) is 4.90 Å². The highest BCUT2D eigenvalue weighted by Gasteiger charge is 2.38. The van der Waals surface area contributed by atoms with Crippen LogP contribution in [0.15, 0.2) is 36.7 Å². The van der Waals surface area contributed by atoms with Gasteiger partial charge in [-0.2, -0.15) is 0 Å². The number of carbonyl (C=O) groups is 1. The van der Waals surface area contributed by atoms with Gasteiger partial charge in [-0.3, -0.25) is 4.79 Å². The first-order valence-corrected chi connectivity index (χ1v) is 8.44. The van der Waals surface area contributed by atoms with Crippen molar-refractivity contribution >= 4 is 5.91 Å². The number of ether oxygens (including phenoxy) is 1. The zero-order valence-corrected chi connectivity index (χ0v) is 13.6. The molecule has 7 heteroatoms. The Labute approximate surface area is 144 Å². The van der Waals surface area contributed by atoms with E-state index < -0.39 is 18.1 Å². The first kappa shape index (κ1) is 16.1. The Bertz CT molecular complexity index is 773. The van der Waals surface area contributed by atoms with Crippen LogP contribution in [0.25, 0.3) is 0 Å². The van der Waals surface area contributed by atoms with Crippen LogP contribution < -0.4 is 4.74 Å². The Kier molecular flexibility index (Phi) is 4.15. The number of rotatable bonds is 3. The third-order valence-corrected chi connectivity index (χ3v) is 4.85. The lowest BCUT2D eigenvalue weighted by Gasteiger charge is -2.34. The summed E-state index contributed by atoms with van der Waals surface area (Å²) in [6, 6.07) is 6.64. The van der Waals surface area contributed by atoms with Gasteiger partial charge in [0, 0.05) is 24.0 Å². The second-order valence-corrected chi connectivity index (χ2v) is 6.67. The smallest absolute Gasteiger partial charge is 0.250 e. The lowest BCUT2D eigenvalue weighted by Crippen LogP contribution is -2.45. The molecule has 1 atom stereocenters. The van der Waals surface area contributed by atoms with E-state index >= 15 is 0 Å². The number of amides is 1. The predicted molar refractivity (Wildman–Crippen MR) is 86.1 cm³/mol. The minimum Gasteiger partial charge on any atom is -0.468 e. The summed E-state index contributed by atoms with van der Waals surface area (Å²) in [5.41, 5.74) is 0.983. The molecule has 5 nitrogen and oxygen atoms in total. The molecular weight excluding hydrogens is 328 g/mol. The Morgan fingerprint density at radius 3 is 2.84 bits per heavy atom. The summed E-state index contributed by atoms with van der Waals surface area (Å²) in [6.07, 6.45) is 2.65. The summed E-state index contributed by atoms with van der Waals surface area (Å²) < 4.78 is 34.7. The molecule has 0 unspecified atom stereocenters. The number of hydrogen-bond acceptors (Lipinski definition) is 3. The first-order chi connectivity index (χ1) is 12.1. The summed E-state index contributed by atoms with van der Waals surface area (Å²) in [4.78, 5) is 18.3. The van der Waals surface area contributed by atoms with Crippen molar-refractivity contribution in [3.8, 4) is 5.88 Å². The van der Waals surface area contributed by atoms with Crippen molar-refractivity contribution in [1.29, 1.82) is 0 Å². The lowest BCUT2D eigenvalue weighted by molar-refractivity contribution is -0.142. The van der Waals surface area contributed by atoms with Gasteiger partial charge in [0.05, 0.1) is 19.6 Å². The monoisotopic (exact) mass is 347 g/mol. The van der Waals surface area contributed by atoms with Crippen molar-refractivity contribution in [2.75, 3.05) is 6.54 Å². The van der Waals surface area contributed by atoms with Crippen molar-refractivity contribution in [1.82, 2.24) is 14.5 Å². The zero-order chi connectivity index (χ0) is 17.4. The molecule has 0 bridgehead atoms. The second-order valence-electron chi connectivity index (χ2n) is 6.67. The third kappa shape index (κ3) is 3.23.